The zero-order chi connectivity index (χ0) is 19.1. The molecule has 1 aliphatic heterocycles. The molecule has 1 heterocycles. The van der Waals surface area contributed by atoms with Crippen molar-refractivity contribution in [2.24, 2.45) is 0 Å². The quantitative estimate of drug-likeness (QED) is 0.723. The van der Waals surface area contributed by atoms with E-state index in [0.717, 1.165) is 37.9 Å². The maximum atomic E-state index is 12.4. The number of carbonyl (C=O) groups is 2. The highest BCUT2D eigenvalue weighted by atomic mass is 35.5. The molecule has 1 atom stereocenters. The minimum atomic E-state index is -0.804. The molecular weight excluding hydrogens is 354 g/mol. The lowest BCUT2D eigenvalue weighted by atomic mass is 10.0. The molecule has 0 aromatic heterocycles. The van der Waals surface area contributed by atoms with Gasteiger partial charge < -0.3 is 10.4 Å². The zero-order valence-electron chi connectivity index (χ0n) is 15.4. The van der Waals surface area contributed by atoms with Gasteiger partial charge >= 0.3 is 5.97 Å². The summed E-state index contributed by atoms with van der Waals surface area (Å²) in [5.74, 6) is -0.786. The fourth-order valence-corrected chi connectivity index (χ4v) is 3.55. The Bertz CT molecular complexity index is 601. The van der Waals surface area contributed by atoms with Crippen molar-refractivity contribution in [1.29, 1.82) is 0 Å². The number of nitrogens with zero attached hydrogens (tertiary/aromatic N) is 2. The molecule has 1 amide bonds. The summed E-state index contributed by atoms with van der Waals surface area (Å²) < 4.78 is 0. The van der Waals surface area contributed by atoms with Crippen molar-refractivity contribution in [2.75, 3.05) is 33.2 Å². The van der Waals surface area contributed by atoms with Gasteiger partial charge in [-0.1, -0.05) is 30.7 Å². The highest BCUT2D eigenvalue weighted by molar-refractivity contribution is 6.30. The summed E-state index contributed by atoms with van der Waals surface area (Å²) in [5, 5.41) is 12.7. The first-order valence-electron chi connectivity index (χ1n) is 9.08. The number of carbonyl (C=O) groups excluding carboxylic acids is 1. The molecule has 1 aromatic carbocycles. The van der Waals surface area contributed by atoms with Crippen LogP contribution in [-0.2, 0) is 9.59 Å². The number of hydrogen-bond acceptors (Lipinski definition) is 4. The van der Waals surface area contributed by atoms with Crippen molar-refractivity contribution < 1.29 is 14.7 Å². The zero-order valence-corrected chi connectivity index (χ0v) is 16.2. The van der Waals surface area contributed by atoms with E-state index in [-0.39, 0.29) is 24.5 Å². The molecule has 6 nitrogen and oxygen atoms in total. The van der Waals surface area contributed by atoms with Crippen LogP contribution in [0.25, 0.3) is 0 Å². The number of nitrogens with one attached hydrogen (secondary N) is 1. The van der Waals surface area contributed by atoms with Crippen LogP contribution in [0.15, 0.2) is 24.3 Å². The number of rotatable bonds is 8. The van der Waals surface area contributed by atoms with E-state index in [1.165, 1.54) is 0 Å². The van der Waals surface area contributed by atoms with Crippen LogP contribution >= 0.6 is 11.6 Å². The molecule has 2 N–H and O–H groups in total. The summed E-state index contributed by atoms with van der Waals surface area (Å²) in [6, 6.07) is 7.82. The van der Waals surface area contributed by atoms with Crippen molar-refractivity contribution in [3.8, 4) is 0 Å². The molecule has 1 saturated heterocycles. The van der Waals surface area contributed by atoms with Gasteiger partial charge in [0.25, 0.3) is 0 Å². The second-order valence-corrected chi connectivity index (χ2v) is 7.33. The predicted molar refractivity (Wildman–Crippen MR) is 102 cm³/mol. The highest BCUT2D eigenvalue weighted by Crippen LogP contribution is 2.19. The third-order valence-corrected chi connectivity index (χ3v) is 5.20. The molecule has 7 heteroatoms. The van der Waals surface area contributed by atoms with E-state index >= 15 is 0 Å². The van der Waals surface area contributed by atoms with E-state index in [2.05, 4.69) is 10.2 Å². The molecule has 1 unspecified atom stereocenters. The molecule has 0 saturated carbocycles. The van der Waals surface area contributed by atoms with Crippen molar-refractivity contribution in [3.63, 3.8) is 0 Å². The van der Waals surface area contributed by atoms with E-state index in [0.29, 0.717) is 11.6 Å². The van der Waals surface area contributed by atoms with Crippen LogP contribution in [0.4, 0.5) is 0 Å². The van der Waals surface area contributed by atoms with Gasteiger partial charge in [-0.2, -0.15) is 0 Å². The molecule has 1 aliphatic rings. The van der Waals surface area contributed by atoms with Crippen LogP contribution in [0.5, 0.6) is 0 Å². The first kappa shape index (κ1) is 20.7. The van der Waals surface area contributed by atoms with E-state index in [4.69, 9.17) is 16.7 Å². The third-order valence-electron chi connectivity index (χ3n) is 4.95. The van der Waals surface area contributed by atoms with Crippen molar-refractivity contribution >= 4 is 23.5 Å². The van der Waals surface area contributed by atoms with E-state index in [9.17, 15) is 9.59 Å². The van der Waals surface area contributed by atoms with Gasteiger partial charge in [0, 0.05) is 24.2 Å². The van der Waals surface area contributed by atoms with Gasteiger partial charge in [-0.25, -0.2) is 0 Å². The Hall–Kier alpha value is -1.63. The van der Waals surface area contributed by atoms with E-state index in [1.807, 2.05) is 43.1 Å². The van der Waals surface area contributed by atoms with Crippen LogP contribution in [0.2, 0.25) is 5.02 Å². The Balaban J connectivity index is 1.79. The molecule has 0 aliphatic carbocycles. The summed E-state index contributed by atoms with van der Waals surface area (Å²) in [4.78, 5) is 27.2. The summed E-state index contributed by atoms with van der Waals surface area (Å²) in [7, 11) is 1.85. The predicted octanol–water partition coefficient (Wildman–Crippen LogP) is 2.39. The lowest BCUT2D eigenvalue weighted by molar-refractivity contribution is -0.138. The van der Waals surface area contributed by atoms with Crippen LogP contribution in [0, 0.1) is 0 Å². The largest absolute Gasteiger partial charge is 0.480 e. The smallest absolute Gasteiger partial charge is 0.317 e. The first-order chi connectivity index (χ1) is 12.4. The maximum Gasteiger partial charge on any atom is 0.317 e. The normalized spacial score (nSPS) is 17.2. The monoisotopic (exact) mass is 381 g/mol. The molecule has 0 radical (unpaired) electrons. The lowest BCUT2D eigenvalue weighted by Crippen LogP contribution is -2.47. The average Bonchev–Trinajstić information content (AvgIpc) is 2.60. The highest BCUT2D eigenvalue weighted by Gasteiger charge is 2.25. The molecule has 2 rings (SSSR count). The van der Waals surface area contributed by atoms with Gasteiger partial charge in [0.15, 0.2) is 0 Å². The number of hydrogen-bond donors (Lipinski definition) is 2. The number of halogens is 1. The van der Waals surface area contributed by atoms with Gasteiger partial charge in [-0.15, -0.1) is 0 Å². The average molecular weight is 382 g/mol. The van der Waals surface area contributed by atoms with Crippen LogP contribution in [0.3, 0.4) is 0 Å². The minimum absolute atomic E-state index is 0.0148. The number of likely N-dealkylation sites (N-methyl/N-ethyl adjacent to an activating group) is 1. The Labute approximate surface area is 160 Å². The Morgan fingerprint density at radius 3 is 2.46 bits per heavy atom. The Morgan fingerprint density at radius 2 is 1.92 bits per heavy atom. The van der Waals surface area contributed by atoms with Crippen LogP contribution < -0.4 is 5.32 Å². The minimum Gasteiger partial charge on any atom is -0.480 e. The van der Waals surface area contributed by atoms with Gasteiger partial charge in [-0.3, -0.25) is 19.4 Å². The summed E-state index contributed by atoms with van der Waals surface area (Å²) >= 11 is 5.93. The fourth-order valence-electron chi connectivity index (χ4n) is 3.42. The second kappa shape index (κ2) is 9.90. The Kier molecular flexibility index (Phi) is 7.87. The van der Waals surface area contributed by atoms with E-state index < -0.39 is 5.97 Å². The standard InChI is InChI=1S/C19H28ClN3O3/c1-3-17(14-4-6-15(20)7-5-14)21-18(24)12-23-10-8-16(9-11-23)22(2)13-19(25)26/h4-7,16-17H,3,8-13H2,1-2H3,(H,21,24)(H,25,26). The van der Waals surface area contributed by atoms with Crippen molar-refractivity contribution in [2.45, 2.75) is 38.3 Å². The number of aliphatic carboxylic acids is 1. The molecular formula is C19H28ClN3O3. The van der Waals surface area contributed by atoms with Crippen molar-refractivity contribution in [3.05, 3.63) is 34.9 Å². The van der Waals surface area contributed by atoms with E-state index in [1.54, 1.807) is 0 Å². The maximum absolute atomic E-state index is 12.4. The SMILES string of the molecule is CCC(NC(=O)CN1CCC(N(C)CC(=O)O)CC1)c1ccc(Cl)cc1. The fraction of sp³-hybridized carbons (Fsp3) is 0.579. The topological polar surface area (TPSA) is 72.9 Å². The summed E-state index contributed by atoms with van der Waals surface area (Å²) in [5.41, 5.74) is 1.05. The molecule has 144 valence electrons. The molecule has 1 fully saturated rings. The summed E-state index contributed by atoms with van der Waals surface area (Å²) in [6.45, 7) is 4.09. The van der Waals surface area contributed by atoms with Gasteiger partial charge in [-0.05, 0) is 44.0 Å². The first-order valence-corrected chi connectivity index (χ1v) is 9.46. The number of carboxylic acids is 1. The third kappa shape index (κ3) is 6.27. The molecule has 1 aromatic rings. The van der Waals surface area contributed by atoms with Crippen LogP contribution in [0.1, 0.15) is 37.8 Å². The van der Waals surface area contributed by atoms with Gasteiger partial charge in [0.2, 0.25) is 5.91 Å². The van der Waals surface area contributed by atoms with Crippen molar-refractivity contribution in [1.82, 2.24) is 15.1 Å². The number of benzene rings is 1. The lowest BCUT2D eigenvalue weighted by Gasteiger charge is -2.36. The molecule has 0 bridgehead atoms. The van der Waals surface area contributed by atoms with Gasteiger partial charge in [0.1, 0.15) is 0 Å². The number of amides is 1. The number of piperidine rings is 1. The van der Waals surface area contributed by atoms with Gasteiger partial charge in [0.05, 0.1) is 19.1 Å². The second-order valence-electron chi connectivity index (χ2n) is 6.90. The summed E-state index contributed by atoms with van der Waals surface area (Å²) in [6.07, 6.45) is 2.58. The number of likely N-dealkylation sites (tertiary alicyclic amines) is 1. The molecule has 26 heavy (non-hydrogen) atoms. The number of carboxylic acid groups (broad SMARTS) is 1. The van der Waals surface area contributed by atoms with Crippen LogP contribution in [-0.4, -0.2) is 66.1 Å². The molecule has 0 spiro atoms. The Morgan fingerprint density at radius 1 is 1.31 bits per heavy atom.